The van der Waals surface area contributed by atoms with Gasteiger partial charge in [-0.2, -0.15) is 5.26 Å². The standard InChI is InChI=1S/C10H18N2/c1-4-7-12-10(8-11)9(5-2)6-3/h4,9-10,12H,1,5-7H2,2-3H3. The van der Waals surface area contributed by atoms with Crippen LogP contribution in [-0.4, -0.2) is 12.6 Å². The highest BCUT2D eigenvalue weighted by Crippen LogP contribution is 2.12. The smallest absolute Gasteiger partial charge is 0.0983 e. The summed E-state index contributed by atoms with van der Waals surface area (Å²) in [7, 11) is 0. The molecule has 1 atom stereocenters. The van der Waals surface area contributed by atoms with E-state index in [0.717, 1.165) is 12.8 Å². The summed E-state index contributed by atoms with van der Waals surface area (Å²) in [5.74, 6) is 0.468. The molecule has 0 fully saturated rings. The molecule has 0 aliphatic carbocycles. The lowest BCUT2D eigenvalue weighted by Crippen LogP contribution is -2.34. The molecule has 2 heteroatoms. The molecule has 1 N–H and O–H groups in total. The van der Waals surface area contributed by atoms with Gasteiger partial charge >= 0.3 is 0 Å². The molecule has 0 rings (SSSR count). The molecule has 0 saturated heterocycles. The van der Waals surface area contributed by atoms with Crippen LogP contribution in [0.4, 0.5) is 0 Å². The van der Waals surface area contributed by atoms with Crippen LogP contribution in [0.3, 0.4) is 0 Å². The minimum atomic E-state index is -0.0157. The Morgan fingerprint density at radius 1 is 1.50 bits per heavy atom. The van der Waals surface area contributed by atoms with Crippen LogP contribution in [0.15, 0.2) is 12.7 Å². The predicted octanol–water partition coefficient (Wildman–Crippen LogP) is 2.09. The first kappa shape index (κ1) is 11.2. The largest absolute Gasteiger partial charge is 0.298 e. The maximum absolute atomic E-state index is 8.84. The second-order valence-corrected chi connectivity index (χ2v) is 2.88. The normalized spacial score (nSPS) is 12.5. The Hall–Kier alpha value is -0.810. The first-order valence-electron chi connectivity index (χ1n) is 4.54. The zero-order valence-corrected chi connectivity index (χ0v) is 8.01. The van der Waals surface area contributed by atoms with Crippen molar-refractivity contribution in [2.24, 2.45) is 5.92 Å². The molecule has 0 bridgehead atoms. The summed E-state index contributed by atoms with van der Waals surface area (Å²) >= 11 is 0. The summed E-state index contributed by atoms with van der Waals surface area (Å²) in [4.78, 5) is 0. The Labute approximate surface area is 75.3 Å². The molecule has 68 valence electrons. The fourth-order valence-corrected chi connectivity index (χ4v) is 1.29. The molecule has 0 saturated carbocycles. The molecule has 0 amide bonds. The molecular weight excluding hydrogens is 148 g/mol. The average Bonchev–Trinajstić information content (AvgIpc) is 2.12. The van der Waals surface area contributed by atoms with Gasteiger partial charge in [-0.1, -0.05) is 32.8 Å². The van der Waals surface area contributed by atoms with E-state index in [1.807, 2.05) is 0 Å². The number of hydrogen-bond donors (Lipinski definition) is 1. The number of hydrogen-bond acceptors (Lipinski definition) is 2. The van der Waals surface area contributed by atoms with E-state index < -0.39 is 0 Å². The van der Waals surface area contributed by atoms with Crippen molar-refractivity contribution in [1.29, 1.82) is 5.26 Å². The van der Waals surface area contributed by atoms with Crippen molar-refractivity contribution in [3.05, 3.63) is 12.7 Å². The van der Waals surface area contributed by atoms with Gasteiger partial charge < -0.3 is 0 Å². The maximum Gasteiger partial charge on any atom is 0.0983 e. The fourth-order valence-electron chi connectivity index (χ4n) is 1.29. The molecule has 0 aromatic carbocycles. The van der Waals surface area contributed by atoms with Crippen molar-refractivity contribution in [2.75, 3.05) is 6.54 Å². The van der Waals surface area contributed by atoms with E-state index >= 15 is 0 Å². The highest BCUT2D eigenvalue weighted by Gasteiger charge is 2.15. The maximum atomic E-state index is 8.84. The number of nitrogens with zero attached hydrogens (tertiary/aromatic N) is 1. The van der Waals surface area contributed by atoms with Crippen molar-refractivity contribution < 1.29 is 0 Å². The number of nitrogens with one attached hydrogen (secondary N) is 1. The van der Waals surface area contributed by atoms with E-state index in [-0.39, 0.29) is 6.04 Å². The second-order valence-electron chi connectivity index (χ2n) is 2.88. The summed E-state index contributed by atoms with van der Waals surface area (Å²) in [6.07, 6.45) is 3.89. The molecule has 0 aliphatic heterocycles. The Morgan fingerprint density at radius 3 is 2.42 bits per heavy atom. The average molecular weight is 166 g/mol. The van der Waals surface area contributed by atoms with Gasteiger partial charge in [0.2, 0.25) is 0 Å². The van der Waals surface area contributed by atoms with Crippen LogP contribution in [-0.2, 0) is 0 Å². The van der Waals surface area contributed by atoms with Crippen LogP contribution in [0.2, 0.25) is 0 Å². The second kappa shape index (κ2) is 6.87. The SMILES string of the molecule is C=CCNC(C#N)C(CC)CC. The third kappa shape index (κ3) is 3.54. The van der Waals surface area contributed by atoms with Gasteiger partial charge in [-0.3, -0.25) is 5.32 Å². The molecular formula is C10H18N2. The zero-order chi connectivity index (χ0) is 9.40. The van der Waals surface area contributed by atoms with Gasteiger partial charge in [-0.15, -0.1) is 6.58 Å². The molecule has 0 aliphatic rings. The third-order valence-electron chi connectivity index (χ3n) is 2.14. The summed E-state index contributed by atoms with van der Waals surface area (Å²) in [6, 6.07) is 2.26. The summed E-state index contributed by atoms with van der Waals surface area (Å²) in [5, 5.41) is 12.0. The topological polar surface area (TPSA) is 35.8 Å². The third-order valence-corrected chi connectivity index (χ3v) is 2.14. The Morgan fingerprint density at radius 2 is 2.08 bits per heavy atom. The molecule has 0 aromatic heterocycles. The van der Waals surface area contributed by atoms with Crippen LogP contribution in [0.1, 0.15) is 26.7 Å². The van der Waals surface area contributed by atoms with E-state index in [1.54, 1.807) is 6.08 Å². The summed E-state index contributed by atoms with van der Waals surface area (Å²) < 4.78 is 0. The van der Waals surface area contributed by atoms with Crippen molar-refractivity contribution >= 4 is 0 Å². The van der Waals surface area contributed by atoms with Crippen LogP contribution >= 0.6 is 0 Å². The Bertz CT molecular complexity index is 154. The first-order chi connectivity index (χ1) is 5.79. The Kier molecular flexibility index (Phi) is 6.41. The van der Waals surface area contributed by atoms with E-state index in [9.17, 15) is 0 Å². The summed E-state index contributed by atoms with van der Waals surface area (Å²) in [6.45, 7) is 8.56. The first-order valence-corrected chi connectivity index (χ1v) is 4.54. The quantitative estimate of drug-likeness (QED) is 0.613. The monoisotopic (exact) mass is 166 g/mol. The fraction of sp³-hybridized carbons (Fsp3) is 0.700. The minimum absolute atomic E-state index is 0.0157. The van der Waals surface area contributed by atoms with Crippen LogP contribution < -0.4 is 5.32 Å². The lowest BCUT2D eigenvalue weighted by atomic mass is 9.95. The highest BCUT2D eigenvalue weighted by atomic mass is 14.9. The van der Waals surface area contributed by atoms with Crippen LogP contribution in [0, 0.1) is 17.2 Å². The van der Waals surface area contributed by atoms with Gasteiger partial charge in [0.1, 0.15) is 0 Å². The van der Waals surface area contributed by atoms with E-state index in [1.165, 1.54) is 0 Å². The molecule has 2 nitrogen and oxygen atoms in total. The molecule has 0 spiro atoms. The number of rotatable bonds is 6. The van der Waals surface area contributed by atoms with Crippen molar-refractivity contribution in [3.63, 3.8) is 0 Å². The van der Waals surface area contributed by atoms with E-state index in [0.29, 0.717) is 12.5 Å². The highest BCUT2D eigenvalue weighted by molar-refractivity contribution is 4.95. The zero-order valence-electron chi connectivity index (χ0n) is 8.01. The van der Waals surface area contributed by atoms with Gasteiger partial charge in [0.25, 0.3) is 0 Å². The summed E-state index contributed by atoms with van der Waals surface area (Å²) in [5.41, 5.74) is 0. The van der Waals surface area contributed by atoms with Gasteiger partial charge in [0.05, 0.1) is 12.1 Å². The Balaban J connectivity index is 3.94. The van der Waals surface area contributed by atoms with Crippen molar-refractivity contribution in [2.45, 2.75) is 32.7 Å². The van der Waals surface area contributed by atoms with Crippen molar-refractivity contribution in [1.82, 2.24) is 5.32 Å². The van der Waals surface area contributed by atoms with Crippen LogP contribution in [0.5, 0.6) is 0 Å². The molecule has 0 heterocycles. The van der Waals surface area contributed by atoms with Gasteiger partial charge in [-0.05, 0) is 5.92 Å². The minimum Gasteiger partial charge on any atom is -0.298 e. The van der Waals surface area contributed by atoms with Gasteiger partial charge in [0, 0.05) is 6.54 Å². The van der Waals surface area contributed by atoms with Gasteiger partial charge in [0.15, 0.2) is 0 Å². The molecule has 12 heavy (non-hydrogen) atoms. The predicted molar refractivity (Wildman–Crippen MR) is 51.7 cm³/mol. The van der Waals surface area contributed by atoms with E-state index in [4.69, 9.17) is 5.26 Å². The lowest BCUT2D eigenvalue weighted by Gasteiger charge is -2.18. The van der Waals surface area contributed by atoms with Crippen molar-refractivity contribution in [3.8, 4) is 6.07 Å². The number of nitriles is 1. The molecule has 0 radical (unpaired) electrons. The molecule has 1 unspecified atom stereocenters. The lowest BCUT2D eigenvalue weighted by molar-refractivity contribution is 0.400. The molecule has 0 aromatic rings. The van der Waals surface area contributed by atoms with Gasteiger partial charge in [-0.25, -0.2) is 0 Å². The van der Waals surface area contributed by atoms with E-state index in [2.05, 4.69) is 31.8 Å². The van der Waals surface area contributed by atoms with Crippen LogP contribution in [0.25, 0.3) is 0 Å².